The fourth-order valence-corrected chi connectivity index (χ4v) is 3.17. The average molecular weight is 272 g/mol. The molecule has 1 aliphatic carbocycles. The molecule has 19 heavy (non-hydrogen) atoms. The molecule has 0 unspecified atom stereocenters. The molecule has 0 saturated heterocycles. The molecule has 0 atom stereocenters. The van der Waals surface area contributed by atoms with Gasteiger partial charge in [-0.05, 0) is 18.4 Å². The number of benzene rings is 1. The van der Waals surface area contributed by atoms with Gasteiger partial charge in [0.1, 0.15) is 0 Å². The molecule has 2 nitrogen and oxygen atoms in total. The van der Waals surface area contributed by atoms with Crippen LogP contribution >= 0.6 is 11.8 Å². The van der Waals surface area contributed by atoms with E-state index in [4.69, 9.17) is 0 Å². The summed E-state index contributed by atoms with van der Waals surface area (Å²) in [7, 11) is 0. The normalized spacial score (nSPS) is 25.3. The summed E-state index contributed by atoms with van der Waals surface area (Å²) in [5.41, 5.74) is 0.907. The highest BCUT2D eigenvalue weighted by Gasteiger charge is 2.45. The van der Waals surface area contributed by atoms with Crippen LogP contribution in [0, 0.1) is 11.3 Å². The Bertz CT molecular complexity index is 444. The average Bonchev–Trinajstić information content (AvgIpc) is 2.42. The number of rotatable bonds is 7. The minimum Gasteiger partial charge on any atom is -0.313 e. The van der Waals surface area contributed by atoms with Gasteiger partial charge < -0.3 is 5.32 Å². The molecule has 0 aliphatic heterocycles. The van der Waals surface area contributed by atoms with Gasteiger partial charge in [-0.2, -0.15) is 17.0 Å². The van der Waals surface area contributed by atoms with Crippen molar-refractivity contribution in [3.8, 4) is 6.07 Å². The van der Waals surface area contributed by atoms with Crippen LogP contribution in [0.2, 0.25) is 0 Å². The second-order valence-corrected chi connectivity index (χ2v) is 6.13. The Balaban J connectivity index is 1.77. The molecule has 1 N–H and O–H groups in total. The molecule has 1 aromatic carbocycles. The van der Waals surface area contributed by atoms with Crippen molar-refractivity contribution < 1.29 is 0 Å². The van der Waals surface area contributed by atoms with Gasteiger partial charge in [-0.1, -0.05) is 36.4 Å². The van der Waals surface area contributed by atoms with Crippen LogP contribution in [-0.2, 0) is 5.41 Å². The monoisotopic (exact) mass is 272 g/mol. The Morgan fingerprint density at radius 3 is 2.79 bits per heavy atom. The summed E-state index contributed by atoms with van der Waals surface area (Å²) in [5.74, 6) is 2.12. The molecule has 1 aromatic rings. The summed E-state index contributed by atoms with van der Waals surface area (Å²) < 4.78 is 0. The zero-order valence-electron chi connectivity index (χ0n) is 11.1. The van der Waals surface area contributed by atoms with E-state index in [0.717, 1.165) is 36.5 Å². The van der Waals surface area contributed by atoms with Gasteiger partial charge in [-0.25, -0.2) is 0 Å². The van der Waals surface area contributed by atoms with Gasteiger partial charge in [0.05, 0.1) is 11.5 Å². The van der Waals surface area contributed by atoms with Crippen molar-refractivity contribution in [3.63, 3.8) is 0 Å². The number of hydrogen-bond acceptors (Lipinski definition) is 3. The van der Waals surface area contributed by atoms with Crippen LogP contribution in [0.3, 0.4) is 0 Å². The van der Waals surface area contributed by atoms with Crippen molar-refractivity contribution >= 4 is 11.8 Å². The van der Waals surface area contributed by atoms with E-state index < -0.39 is 0 Å². The SMILES string of the molecule is C=CCSCCNC1CC(C#N)(c2ccccc2)C1. The van der Waals surface area contributed by atoms with Crippen LogP contribution in [0.25, 0.3) is 0 Å². The first-order chi connectivity index (χ1) is 9.30. The van der Waals surface area contributed by atoms with Crippen molar-refractivity contribution in [2.75, 3.05) is 18.1 Å². The van der Waals surface area contributed by atoms with Crippen molar-refractivity contribution in [3.05, 3.63) is 48.6 Å². The molecular weight excluding hydrogens is 252 g/mol. The maximum absolute atomic E-state index is 9.46. The molecule has 0 bridgehead atoms. The minimum atomic E-state index is -0.257. The quantitative estimate of drug-likeness (QED) is 0.612. The lowest BCUT2D eigenvalue weighted by Gasteiger charge is -2.43. The van der Waals surface area contributed by atoms with Gasteiger partial charge in [-0.3, -0.25) is 0 Å². The van der Waals surface area contributed by atoms with E-state index in [1.807, 2.05) is 36.0 Å². The lowest BCUT2D eigenvalue weighted by atomic mass is 9.62. The fraction of sp³-hybridized carbons (Fsp3) is 0.438. The summed E-state index contributed by atoms with van der Waals surface area (Å²) in [5, 5.41) is 13.0. The van der Waals surface area contributed by atoms with Crippen LogP contribution in [-0.4, -0.2) is 24.1 Å². The van der Waals surface area contributed by atoms with Gasteiger partial charge in [0.15, 0.2) is 0 Å². The second-order valence-electron chi connectivity index (χ2n) is 4.98. The number of hydrogen-bond donors (Lipinski definition) is 1. The van der Waals surface area contributed by atoms with Gasteiger partial charge in [0.25, 0.3) is 0 Å². The largest absolute Gasteiger partial charge is 0.313 e. The Kier molecular flexibility index (Phi) is 5.07. The fourth-order valence-electron chi connectivity index (χ4n) is 2.58. The highest BCUT2D eigenvalue weighted by atomic mass is 32.2. The number of nitriles is 1. The van der Waals surface area contributed by atoms with E-state index in [1.165, 1.54) is 0 Å². The van der Waals surface area contributed by atoms with Crippen LogP contribution in [0.5, 0.6) is 0 Å². The third-order valence-corrected chi connectivity index (χ3v) is 4.61. The Morgan fingerprint density at radius 1 is 1.42 bits per heavy atom. The molecule has 0 amide bonds. The summed E-state index contributed by atoms with van der Waals surface area (Å²) >= 11 is 1.89. The second kappa shape index (κ2) is 6.79. The van der Waals surface area contributed by atoms with Gasteiger partial charge in [-0.15, -0.1) is 6.58 Å². The zero-order chi connectivity index (χ0) is 13.6. The highest BCUT2D eigenvalue weighted by Crippen LogP contribution is 2.43. The molecule has 3 heteroatoms. The molecule has 0 radical (unpaired) electrons. The highest BCUT2D eigenvalue weighted by molar-refractivity contribution is 7.99. The molecule has 2 rings (SSSR count). The zero-order valence-corrected chi connectivity index (χ0v) is 12.0. The van der Waals surface area contributed by atoms with Gasteiger partial charge in [0, 0.05) is 24.1 Å². The lowest BCUT2D eigenvalue weighted by molar-refractivity contribution is 0.230. The third-order valence-electron chi connectivity index (χ3n) is 3.65. The van der Waals surface area contributed by atoms with Gasteiger partial charge in [0.2, 0.25) is 0 Å². The van der Waals surface area contributed by atoms with E-state index in [1.54, 1.807) is 0 Å². The summed E-state index contributed by atoms with van der Waals surface area (Å²) in [6.07, 6.45) is 3.80. The Morgan fingerprint density at radius 2 is 2.16 bits per heavy atom. The first-order valence-corrected chi connectivity index (χ1v) is 7.85. The molecule has 0 heterocycles. The Hall–Kier alpha value is -1.24. The molecule has 100 valence electrons. The Labute approximate surface area is 119 Å². The molecule has 1 aliphatic rings. The summed E-state index contributed by atoms with van der Waals surface area (Å²) in [6.45, 7) is 4.72. The maximum atomic E-state index is 9.46. The van der Waals surface area contributed by atoms with E-state index in [9.17, 15) is 5.26 Å². The first-order valence-electron chi connectivity index (χ1n) is 6.69. The minimum absolute atomic E-state index is 0.257. The van der Waals surface area contributed by atoms with E-state index in [0.29, 0.717) is 6.04 Å². The van der Waals surface area contributed by atoms with Crippen LogP contribution < -0.4 is 5.32 Å². The maximum Gasteiger partial charge on any atom is 0.0852 e. The van der Waals surface area contributed by atoms with Crippen molar-refractivity contribution in [2.24, 2.45) is 0 Å². The first kappa shape index (κ1) is 14.2. The number of nitrogens with zero attached hydrogens (tertiary/aromatic N) is 1. The molecule has 0 aromatic heterocycles. The summed E-state index contributed by atoms with van der Waals surface area (Å²) in [4.78, 5) is 0. The van der Waals surface area contributed by atoms with Crippen LogP contribution in [0.4, 0.5) is 0 Å². The predicted octanol–water partition coefficient (Wildman–Crippen LogP) is 3.12. The third kappa shape index (κ3) is 3.40. The number of thioether (sulfide) groups is 1. The van der Waals surface area contributed by atoms with Crippen molar-refractivity contribution in [1.29, 1.82) is 5.26 Å². The predicted molar refractivity (Wildman–Crippen MR) is 82.3 cm³/mol. The van der Waals surface area contributed by atoms with Gasteiger partial charge >= 0.3 is 0 Å². The smallest absolute Gasteiger partial charge is 0.0852 e. The molecule has 0 spiro atoms. The van der Waals surface area contributed by atoms with Crippen LogP contribution in [0.1, 0.15) is 18.4 Å². The van der Waals surface area contributed by atoms with E-state index in [2.05, 4.69) is 30.1 Å². The number of nitrogens with one attached hydrogen (secondary N) is 1. The summed E-state index contributed by atoms with van der Waals surface area (Å²) in [6, 6.07) is 13.2. The topological polar surface area (TPSA) is 35.8 Å². The standard InChI is InChI=1S/C16H20N2S/c1-2-9-19-10-8-18-15-11-16(12-15,13-17)14-6-4-3-5-7-14/h2-7,15,18H,1,8-12H2. The molecular formula is C16H20N2S. The van der Waals surface area contributed by atoms with E-state index >= 15 is 0 Å². The lowest BCUT2D eigenvalue weighted by Crippen LogP contribution is -2.51. The van der Waals surface area contributed by atoms with Crippen molar-refractivity contribution in [1.82, 2.24) is 5.32 Å². The molecule has 1 fully saturated rings. The van der Waals surface area contributed by atoms with Crippen molar-refractivity contribution in [2.45, 2.75) is 24.3 Å². The van der Waals surface area contributed by atoms with Crippen LogP contribution in [0.15, 0.2) is 43.0 Å². The molecule has 1 saturated carbocycles. The van der Waals surface area contributed by atoms with E-state index in [-0.39, 0.29) is 5.41 Å².